The number of carbonyl (C=O) groups is 1. The van der Waals surface area contributed by atoms with E-state index in [1.165, 1.54) is 0 Å². The van der Waals surface area contributed by atoms with Crippen molar-refractivity contribution in [1.29, 1.82) is 0 Å². The minimum atomic E-state index is -1.38. The van der Waals surface area contributed by atoms with Crippen LogP contribution in [-0.2, 0) is 11.2 Å². The molecule has 5 heteroatoms. The first-order chi connectivity index (χ1) is 7.95. The predicted molar refractivity (Wildman–Crippen MR) is 64.7 cm³/mol. The lowest BCUT2D eigenvalue weighted by atomic mass is 10.1. The second kappa shape index (κ2) is 5.54. The average Bonchev–Trinajstić information content (AvgIpc) is 2.28. The number of hydrogen-bond donors (Lipinski definition) is 2. The Morgan fingerprint density at radius 2 is 2.12 bits per heavy atom. The zero-order valence-electron chi connectivity index (χ0n) is 10.2. The van der Waals surface area contributed by atoms with Crippen LogP contribution in [0.1, 0.15) is 5.56 Å². The van der Waals surface area contributed by atoms with Gasteiger partial charge >= 0.3 is 5.97 Å². The summed E-state index contributed by atoms with van der Waals surface area (Å²) < 4.78 is 5.19. The molecule has 0 aliphatic rings. The van der Waals surface area contributed by atoms with Crippen molar-refractivity contribution in [3.8, 4) is 5.75 Å². The van der Waals surface area contributed by atoms with Crippen LogP contribution >= 0.6 is 0 Å². The number of methoxy groups -OCH3 is 1. The minimum absolute atomic E-state index is 0.0835. The van der Waals surface area contributed by atoms with Crippen LogP contribution in [-0.4, -0.2) is 43.5 Å². The third-order valence-corrected chi connectivity index (χ3v) is 2.44. The second-order valence-electron chi connectivity index (χ2n) is 3.96. The molecule has 17 heavy (non-hydrogen) atoms. The fourth-order valence-electron chi connectivity index (χ4n) is 1.52. The van der Waals surface area contributed by atoms with Crippen LogP contribution in [0, 0.1) is 0 Å². The summed E-state index contributed by atoms with van der Waals surface area (Å²) in [6, 6.07) is 5.32. The summed E-state index contributed by atoms with van der Waals surface area (Å²) in [4.78, 5) is 12.4. The normalized spacial score (nSPS) is 12.0. The quantitative estimate of drug-likeness (QED) is 0.793. The molecule has 1 aromatic rings. The monoisotopic (exact) mass is 239 g/mol. The fourth-order valence-corrected chi connectivity index (χ4v) is 1.52. The summed E-state index contributed by atoms with van der Waals surface area (Å²) in [6.07, 6.45) is -1.29. The molecule has 0 aliphatic carbocycles. The van der Waals surface area contributed by atoms with E-state index in [2.05, 4.69) is 0 Å². The standard InChI is InChI=1S/C12H17NO4/c1-13(2)9-6-8(4-5-11(9)17-3)7-10(14)12(15)16/h4-6,10,14H,7H2,1-3H3,(H,15,16). The van der Waals surface area contributed by atoms with Gasteiger partial charge in [-0.25, -0.2) is 4.79 Å². The smallest absolute Gasteiger partial charge is 0.332 e. The van der Waals surface area contributed by atoms with E-state index in [1.54, 1.807) is 19.2 Å². The van der Waals surface area contributed by atoms with Crippen molar-refractivity contribution in [2.75, 3.05) is 26.1 Å². The highest BCUT2D eigenvalue weighted by Crippen LogP contribution is 2.28. The van der Waals surface area contributed by atoms with E-state index in [0.29, 0.717) is 5.75 Å². The first-order valence-electron chi connectivity index (χ1n) is 5.20. The number of hydrogen-bond acceptors (Lipinski definition) is 4. The number of aliphatic hydroxyl groups is 1. The van der Waals surface area contributed by atoms with Crippen LogP contribution in [0.4, 0.5) is 5.69 Å². The zero-order chi connectivity index (χ0) is 13.0. The predicted octanol–water partition coefficient (Wildman–Crippen LogP) is 0.749. The van der Waals surface area contributed by atoms with Gasteiger partial charge in [-0.05, 0) is 17.7 Å². The van der Waals surface area contributed by atoms with Gasteiger partial charge in [-0.15, -0.1) is 0 Å². The van der Waals surface area contributed by atoms with E-state index in [4.69, 9.17) is 9.84 Å². The number of anilines is 1. The largest absolute Gasteiger partial charge is 0.495 e. The van der Waals surface area contributed by atoms with Crippen LogP contribution in [0.3, 0.4) is 0 Å². The van der Waals surface area contributed by atoms with Crippen molar-refractivity contribution in [2.45, 2.75) is 12.5 Å². The molecule has 0 fully saturated rings. The van der Waals surface area contributed by atoms with Gasteiger partial charge < -0.3 is 19.8 Å². The topological polar surface area (TPSA) is 70.0 Å². The highest BCUT2D eigenvalue weighted by Gasteiger charge is 2.15. The lowest BCUT2D eigenvalue weighted by Crippen LogP contribution is -2.22. The molecule has 0 saturated heterocycles. The third-order valence-electron chi connectivity index (χ3n) is 2.44. The van der Waals surface area contributed by atoms with Crippen LogP contribution in [0.25, 0.3) is 0 Å². The highest BCUT2D eigenvalue weighted by molar-refractivity contribution is 5.72. The molecule has 1 rings (SSSR count). The molecule has 94 valence electrons. The number of carboxylic acids is 1. The van der Waals surface area contributed by atoms with E-state index in [0.717, 1.165) is 11.3 Å². The summed E-state index contributed by atoms with van der Waals surface area (Å²) in [5.74, 6) is -0.504. The summed E-state index contributed by atoms with van der Waals surface area (Å²) in [7, 11) is 5.32. The maximum absolute atomic E-state index is 10.6. The molecule has 1 unspecified atom stereocenters. The number of aliphatic carboxylic acids is 1. The van der Waals surface area contributed by atoms with E-state index in [9.17, 15) is 9.90 Å². The molecule has 0 radical (unpaired) electrons. The molecule has 1 atom stereocenters. The molecule has 0 saturated carbocycles. The Hall–Kier alpha value is -1.75. The van der Waals surface area contributed by atoms with Crippen LogP contribution in [0.5, 0.6) is 5.75 Å². The number of aliphatic hydroxyl groups excluding tert-OH is 1. The number of carboxylic acid groups (broad SMARTS) is 1. The van der Waals surface area contributed by atoms with Crippen LogP contribution < -0.4 is 9.64 Å². The van der Waals surface area contributed by atoms with Crippen LogP contribution in [0.15, 0.2) is 18.2 Å². The number of nitrogens with zero attached hydrogens (tertiary/aromatic N) is 1. The lowest BCUT2D eigenvalue weighted by Gasteiger charge is -2.18. The Kier molecular flexibility index (Phi) is 4.34. The van der Waals surface area contributed by atoms with Crippen molar-refractivity contribution < 1.29 is 19.7 Å². The number of ether oxygens (including phenoxy) is 1. The van der Waals surface area contributed by atoms with E-state index >= 15 is 0 Å². The SMILES string of the molecule is COc1ccc(CC(O)C(=O)O)cc1N(C)C. The van der Waals surface area contributed by atoms with E-state index in [1.807, 2.05) is 25.1 Å². The van der Waals surface area contributed by atoms with Crippen molar-refractivity contribution in [3.05, 3.63) is 23.8 Å². The van der Waals surface area contributed by atoms with Crippen molar-refractivity contribution in [3.63, 3.8) is 0 Å². The van der Waals surface area contributed by atoms with Crippen LogP contribution in [0.2, 0.25) is 0 Å². The number of rotatable bonds is 5. The molecule has 2 N–H and O–H groups in total. The van der Waals surface area contributed by atoms with Gasteiger partial charge in [0.25, 0.3) is 0 Å². The Morgan fingerprint density at radius 3 is 2.59 bits per heavy atom. The van der Waals surface area contributed by atoms with Gasteiger partial charge in [-0.2, -0.15) is 0 Å². The molecule has 0 spiro atoms. The molecule has 5 nitrogen and oxygen atoms in total. The molecule has 0 amide bonds. The molecule has 0 bridgehead atoms. The maximum Gasteiger partial charge on any atom is 0.332 e. The summed E-state index contributed by atoms with van der Waals surface area (Å²) in [5.41, 5.74) is 1.60. The Labute approximate surface area is 100 Å². The summed E-state index contributed by atoms with van der Waals surface area (Å²) in [5, 5.41) is 17.9. The number of benzene rings is 1. The average molecular weight is 239 g/mol. The lowest BCUT2D eigenvalue weighted by molar-refractivity contribution is -0.146. The van der Waals surface area contributed by atoms with Gasteiger partial charge in [0, 0.05) is 20.5 Å². The molecule has 0 heterocycles. The van der Waals surface area contributed by atoms with Crippen molar-refractivity contribution in [1.82, 2.24) is 0 Å². The Bertz CT molecular complexity index is 403. The summed E-state index contributed by atoms with van der Waals surface area (Å²) >= 11 is 0. The van der Waals surface area contributed by atoms with E-state index < -0.39 is 12.1 Å². The van der Waals surface area contributed by atoms with Gasteiger partial charge in [-0.3, -0.25) is 0 Å². The molecule has 0 aromatic heterocycles. The van der Waals surface area contributed by atoms with Gasteiger partial charge in [0.1, 0.15) is 5.75 Å². The Morgan fingerprint density at radius 1 is 1.47 bits per heavy atom. The Balaban J connectivity index is 2.96. The van der Waals surface area contributed by atoms with Gasteiger partial charge in [0.15, 0.2) is 6.10 Å². The maximum atomic E-state index is 10.6. The molecule has 0 aliphatic heterocycles. The van der Waals surface area contributed by atoms with Gasteiger partial charge in [0.05, 0.1) is 12.8 Å². The minimum Gasteiger partial charge on any atom is -0.495 e. The van der Waals surface area contributed by atoms with Crippen molar-refractivity contribution in [2.24, 2.45) is 0 Å². The molecular formula is C12H17NO4. The fraction of sp³-hybridized carbons (Fsp3) is 0.417. The summed E-state index contributed by atoms with van der Waals surface area (Å²) in [6.45, 7) is 0. The van der Waals surface area contributed by atoms with Gasteiger partial charge in [-0.1, -0.05) is 6.07 Å². The van der Waals surface area contributed by atoms with Gasteiger partial charge in [0.2, 0.25) is 0 Å². The zero-order valence-corrected chi connectivity index (χ0v) is 10.2. The van der Waals surface area contributed by atoms with E-state index in [-0.39, 0.29) is 6.42 Å². The highest BCUT2D eigenvalue weighted by atomic mass is 16.5. The molecule has 1 aromatic carbocycles. The molecular weight excluding hydrogens is 222 g/mol. The second-order valence-corrected chi connectivity index (χ2v) is 3.96. The third kappa shape index (κ3) is 3.35. The van der Waals surface area contributed by atoms with Crippen molar-refractivity contribution >= 4 is 11.7 Å². The first kappa shape index (κ1) is 13.3. The first-order valence-corrected chi connectivity index (χ1v) is 5.20.